The lowest BCUT2D eigenvalue weighted by atomic mass is 10.1. The maximum Gasteiger partial charge on any atom is 0.273 e. The van der Waals surface area contributed by atoms with E-state index >= 15 is 0 Å². The van der Waals surface area contributed by atoms with Gasteiger partial charge in [-0.05, 0) is 49.2 Å². The summed E-state index contributed by atoms with van der Waals surface area (Å²) in [5, 5.41) is 2.58. The number of halogens is 2. The molecular formula is C22H23F2N3O5S. The van der Waals surface area contributed by atoms with E-state index < -0.39 is 39.3 Å². The number of oxazole rings is 1. The molecule has 176 valence electrons. The maximum atomic E-state index is 14.2. The van der Waals surface area contributed by atoms with Crippen LogP contribution in [0.4, 0.5) is 14.5 Å². The van der Waals surface area contributed by atoms with Gasteiger partial charge in [-0.15, -0.1) is 0 Å². The molecule has 0 fully saturated rings. The van der Waals surface area contributed by atoms with Gasteiger partial charge in [0.2, 0.25) is 15.9 Å². The van der Waals surface area contributed by atoms with E-state index in [1.165, 1.54) is 13.2 Å². The number of anilines is 1. The molecule has 2 aromatic carbocycles. The first-order chi connectivity index (χ1) is 15.6. The fraction of sp³-hybridized carbons (Fsp3) is 0.273. The minimum Gasteiger partial charge on any atom is -0.494 e. The number of nitrogens with one attached hydrogen (secondary N) is 2. The Balaban J connectivity index is 1.73. The van der Waals surface area contributed by atoms with Crippen molar-refractivity contribution in [2.75, 3.05) is 17.6 Å². The smallest absolute Gasteiger partial charge is 0.273 e. The summed E-state index contributed by atoms with van der Waals surface area (Å²) >= 11 is 0. The van der Waals surface area contributed by atoms with Crippen molar-refractivity contribution in [3.63, 3.8) is 0 Å². The third-order valence-corrected chi connectivity index (χ3v) is 5.07. The number of hydrogen-bond acceptors (Lipinski definition) is 6. The Kier molecular flexibility index (Phi) is 7.32. The zero-order valence-electron chi connectivity index (χ0n) is 18.2. The van der Waals surface area contributed by atoms with Gasteiger partial charge < -0.3 is 14.5 Å². The van der Waals surface area contributed by atoms with Gasteiger partial charge in [0.15, 0.2) is 17.3 Å². The highest BCUT2D eigenvalue weighted by atomic mass is 32.2. The molecule has 1 unspecified atom stereocenters. The second-order valence-corrected chi connectivity index (χ2v) is 9.09. The number of carbonyl (C=O) groups excluding carboxylic acids is 1. The fourth-order valence-corrected chi connectivity index (χ4v) is 3.49. The summed E-state index contributed by atoms with van der Waals surface area (Å²) in [6.45, 7) is 4.08. The maximum absolute atomic E-state index is 14.2. The van der Waals surface area contributed by atoms with Gasteiger partial charge in [-0.3, -0.25) is 9.52 Å². The van der Waals surface area contributed by atoms with Crippen LogP contribution in [0.2, 0.25) is 0 Å². The van der Waals surface area contributed by atoms with Gasteiger partial charge in [-0.2, -0.15) is 0 Å². The van der Waals surface area contributed by atoms with Crippen LogP contribution in [0.5, 0.6) is 5.75 Å². The molecule has 8 nitrogen and oxygen atoms in total. The van der Waals surface area contributed by atoms with E-state index in [2.05, 4.69) is 10.3 Å². The van der Waals surface area contributed by atoms with Gasteiger partial charge >= 0.3 is 0 Å². The van der Waals surface area contributed by atoms with Gasteiger partial charge in [0, 0.05) is 5.56 Å². The summed E-state index contributed by atoms with van der Waals surface area (Å²) in [6, 6.07) is 8.15. The van der Waals surface area contributed by atoms with E-state index in [9.17, 15) is 22.0 Å². The van der Waals surface area contributed by atoms with E-state index in [0.717, 1.165) is 24.8 Å². The van der Waals surface area contributed by atoms with Crippen molar-refractivity contribution >= 4 is 21.6 Å². The minimum absolute atomic E-state index is 0.0203. The zero-order valence-corrected chi connectivity index (χ0v) is 19.0. The second kappa shape index (κ2) is 9.99. The molecule has 1 heterocycles. The summed E-state index contributed by atoms with van der Waals surface area (Å²) in [6.07, 6.45) is 2.82. The minimum atomic E-state index is -3.86. The molecule has 33 heavy (non-hydrogen) atoms. The van der Waals surface area contributed by atoms with Crippen LogP contribution in [0.15, 0.2) is 47.1 Å². The Labute approximate surface area is 190 Å². The third-order valence-electron chi connectivity index (χ3n) is 4.49. The van der Waals surface area contributed by atoms with E-state index in [4.69, 9.17) is 9.15 Å². The number of nitrogens with zero attached hydrogens (tertiary/aromatic N) is 1. The summed E-state index contributed by atoms with van der Waals surface area (Å²) in [5.41, 5.74) is -0.0881. The van der Waals surface area contributed by atoms with Crippen molar-refractivity contribution in [3.05, 3.63) is 65.6 Å². The van der Waals surface area contributed by atoms with E-state index in [1.54, 1.807) is 29.0 Å². The molecular weight excluding hydrogens is 456 g/mol. The molecule has 1 aromatic heterocycles. The SMILES string of the molecule is CCCOc1cccc(-c2nc(C(=O)NC(C)c3cc(F)c(NS(C)(=O)=O)c(F)c3)co2)c1. The van der Waals surface area contributed by atoms with Crippen LogP contribution in [-0.4, -0.2) is 32.2 Å². The van der Waals surface area contributed by atoms with E-state index in [1.807, 2.05) is 6.92 Å². The molecule has 0 bridgehead atoms. The number of rotatable bonds is 9. The predicted molar refractivity (Wildman–Crippen MR) is 118 cm³/mol. The summed E-state index contributed by atoms with van der Waals surface area (Å²) < 4.78 is 63.8. The summed E-state index contributed by atoms with van der Waals surface area (Å²) in [5.74, 6) is -1.97. The number of hydrogen-bond donors (Lipinski definition) is 2. The van der Waals surface area contributed by atoms with Crippen molar-refractivity contribution in [1.29, 1.82) is 0 Å². The number of amides is 1. The van der Waals surface area contributed by atoms with Crippen LogP contribution >= 0.6 is 0 Å². The molecule has 3 aromatic rings. The molecule has 0 aliphatic heterocycles. The summed E-state index contributed by atoms with van der Waals surface area (Å²) in [7, 11) is -3.86. The van der Waals surface area contributed by atoms with Crippen LogP contribution < -0.4 is 14.8 Å². The number of aromatic nitrogens is 1. The van der Waals surface area contributed by atoms with Crippen molar-refractivity contribution in [3.8, 4) is 17.2 Å². The number of ether oxygens (including phenoxy) is 1. The second-order valence-electron chi connectivity index (χ2n) is 7.34. The first-order valence-electron chi connectivity index (χ1n) is 10.0. The molecule has 1 amide bonds. The Bertz CT molecular complexity index is 1240. The van der Waals surface area contributed by atoms with Gasteiger partial charge in [0.1, 0.15) is 17.7 Å². The van der Waals surface area contributed by atoms with Crippen LogP contribution in [0.1, 0.15) is 42.4 Å². The molecule has 0 aliphatic carbocycles. The fourth-order valence-electron chi connectivity index (χ4n) is 2.93. The molecule has 0 saturated heterocycles. The highest BCUT2D eigenvalue weighted by Crippen LogP contribution is 2.26. The van der Waals surface area contributed by atoms with Crippen LogP contribution in [0.25, 0.3) is 11.5 Å². The average Bonchev–Trinajstić information content (AvgIpc) is 3.25. The number of carbonyl (C=O) groups is 1. The topological polar surface area (TPSA) is 111 Å². The van der Waals surface area contributed by atoms with Crippen LogP contribution in [0.3, 0.4) is 0 Å². The quantitative estimate of drug-likeness (QED) is 0.474. The van der Waals surface area contributed by atoms with Crippen molar-refractivity contribution in [2.45, 2.75) is 26.3 Å². The normalized spacial score (nSPS) is 12.3. The van der Waals surface area contributed by atoms with Crippen LogP contribution in [-0.2, 0) is 10.0 Å². The van der Waals surface area contributed by atoms with Gasteiger partial charge in [0.05, 0.1) is 18.9 Å². The molecule has 0 spiro atoms. The highest BCUT2D eigenvalue weighted by Gasteiger charge is 2.20. The molecule has 0 saturated carbocycles. The Morgan fingerprint density at radius 3 is 2.55 bits per heavy atom. The first kappa shape index (κ1) is 24.2. The Hall–Kier alpha value is -3.47. The standard InChI is InChI=1S/C22H23F2N3O5S/c1-4-8-31-16-7-5-6-14(9-16)22-26-19(12-32-22)21(28)25-13(2)15-10-17(23)20(18(24)11-15)27-33(3,29)30/h5-7,9-13,27H,4,8H2,1-3H3,(H,25,28). The van der Waals surface area contributed by atoms with Crippen molar-refractivity contribution < 1.29 is 31.1 Å². The molecule has 0 aliphatic rings. The number of sulfonamides is 1. The highest BCUT2D eigenvalue weighted by molar-refractivity contribution is 7.92. The monoisotopic (exact) mass is 479 g/mol. The molecule has 1 atom stereocenters. The lowest BCUT2D eigenvalue weighted by Gasteiger charge is -2.15. The van der Waals surface area contributed by atoms with E-state index in [0.29, 0.717) is 17.9 Å². The van der Waals surface area contributed by atoms with Crippen molar-refractivity contribution in [1.82, 2.24) is 10.3 Å². The largest absolute Gasteiger partial charge is 0.494 e. The molecule has 11 heteroatoms. The van der Waals surface area contributed by atoms with E-state index in [-0.39, 0.29) is 17.1 Å². The van der Waals surface area contributed by atoms with Gasteiger partial charge in [-0.25, -0.2) is 22.2 Å². The summed E-state index contributed by atoms with van der Waals surface area (Å²) in [4.78, 5) is 16.7. The van der Waals surface area contributed by atoms with Crippen molar-refractivity contribution in [2.24, 2.45) is 0 Å². The first-order valence-corrected chi connectivity index (χ1v) is 11.9. The Morgan fingerprint density at radius 1 is 1.21 bits per heavy atom. The Morgan fingerprint density at radius 2 is 1.91 bits per heavy atom. The van der Waals surface area contributed by atoms with Gasteiger partial charge in [-0.1, -0.05) is 13.0 Å². The molecule has 2 N–H and O–H groups in total. The van der Waals surface area contributed by atoms with Gasteiger partial charge in [0.25, 0.3) is 5.91 Å². The third kappa shape index (κ3) is 6.28. The lowest BCUT2D eigenvalue weighted by Crippen LogP contribution is -2.27. The lowest BCUT2D eigenvalue weighted by molar-refractivity contribution is 0.0934. The average molecular weight is 480 g/mol. The van der Waals surface area contributed by atoms with Crippen LogP contribution in [0, 0.1) is 11.6 Å². The predicted octanol–water partition coefficient (Wildman–Crippen LogP) is 4.27. The molecule has 3 rings (SSSR count). The number of benzene rings is 2. The zero-order chi connectivity index (χ0) is 24.2. The molecule has 0 radical (unpaired) electrons.